The lowest BCUT2D eigenvalue weighted by molar-refractivity contribution is -0.116. The lowest BCUT2D eigenvalue weighted by Crippen LogP contribution is -2.02. The predicted octanol–water partition coefficient (Wildman–Crippen LogP) is 4.45. The van der Waals surface area contributed by atoms with Gasteiger partial charge in [0.15, 0.2) is 0 Å². The zero-order valence-corrected chi connectivity index (χ0v) is 10.9. The summed E-state index contributed by atoms with van der Waals surface area (Å²) in [5.41, 5.74) is 0. The van der Waals surface area contributed by atoms with E-state index in [1.165, 1.54) is 0 Å². The van der Waals surface area contributed by atoms with Gasteiger partial charge in [-0.25, -0.2) is 0 Å². The smallest absolute Gasteiger partial charge is 0.130 e. The van der Waals surface area contributed by atoms with E-state index in [1.54, 1.807) is 24.8 Å². The van der Waals surface area contributed by atoms with E-state index in [9.17, 15) is 4.79 Å². The van der Waals surface area contributed by atoms with Crippen LogP contribution in [0.1, 0.15) is 20.3 Å². The second kappa shape index (κ2) is 5.78. The van der Waals surface area contributed by atoms with Crippen LogP contribution in [-0.4, -0.2) is 11.0 Å². The molecular formula is C11H12Cl2OS. The molecule has 0 aromatic heterocycles. The fourth-order valence-electron chi connectivity index (χ4n) is 1.23. The summed E-state index contributed by atoms with van der Waals surface area (Å²) in [6.45, 7) is 3.63. The van der Waals surface area contributed by atoms with Crippen LogP contribution >= 0.6 is 35.0 Å². The predicted molar refractivity (Wildman–Crippen MR) is 67.1 cm³/mol. The number of hydrogen-bond acceptors (Lipinski definition) is 2. The Bertz CT molecular complexity index is 366. The quantitative estimate of drug-likeness (QED) is 0.746. The highest BCUT2D eigenvalue weighted by molar-refractivity contribution is 8.00. The molecule has 0 saturated carbocycles. The Morgan fingerprint density at radius 3 is 2.60 bits per heavy atom. The van der Waals surface area contributed by atoms with Gasteiger partial charge in [-0.3, -0.25) is 4.79 Å². The minimum atomic E-state index is 0.204. The molecule has 1 nitrogen and oxygen atoms in total. The monoisotopic (exact) mass is 262 g/mol. The summed E-state index contributed by atoms with van der Waals surface area (Å²) in [6, 6.07) is 5.51. The average molecular weight is 263 g/mol. The highest BCUT2D eigenvalue weighted by Gasteiger charge is 2.08. The van der Waals surface area contributed by atoms with Crippen LogP contribution in [0.4, 0.5) is 0 Å². The topological polar surface area (TPSA) is 17.1 Å². The number of carbonyl (C=O) groups excluding carboxylic acids is 1. The Kier molecular flexibility index (Phi) is 4.97. The van der Waals surface area contributed by atoms with Crippen molar-refractivity contribution in [1.29, 1.82) is 0 Å². The molecule has 0 aliphatic rings. The molecule has 0 fully saturated rings. The molecule has 0 N–H and O–H groups in total. The molecule has 0 aliphatic carbocycles. The molecule has 0 spiro atoms. The van der Waals surface area contributed by atoms with Gasteiger partial charge in [0.25, 0.3) is 0 Å². The number of rotatable bonds is 4. The van der Waals surface area contributed by atoms with E-state index in [-0.39, 0.29) is 11.0 Å². The van der Waals surface area contributed by atoms with Crippen molar-refractivity contribution in [2.75, 3.05) is 0 Å². The van der Waals surface area contributed by atoms with E-state index in [1.807, 2.05) is 19.1 Å². The number of halogens is 2. The Labute approximate surface area is 104 Å². The summed E-state index contributed by atoms with van der Waals surface area (Å²) in [5, 5.41) is 1.37. The van der Waals surface area contributed by atoms with Crippen molar-refractivity contribution >= 4 is 40.7 Å². The second-order valence-electron chi connectivity index (χ2n) is 3.41. The summed E-state index contributed by atoms with van der Waals surface area (Å²) in [7, 11) is 0. The molecule has 1 aromatic rings. The zero-order valence-electron chi connectivity index (χ0n) is 8.59. The maximum Gasteiger partial charge on any atom is 0.130 e. The van der Waals surface area contributed by atoms with Crippen LogP contribution in [0.5, 0.6) is 0 Å². The summed E-state index contributed by atoms with van der Waals surface area (Å²) in [6.07, 6.45) is 0.574. The summed E-state index contributed by atoms with van der Waals surface area (Å²) in [4.78, 5) is 11.9. The van der Waals surface area contributed by atoms with Gasteiger partial charge in [-0.1, -0.05) is 30.1 Å². The van der Waals surface area contributed by atoms with Crippen LogP contribution in [0, 0.1) is 0 Å². The number of carbonyl (C=O) groups is 1. The van der Waals surface area contributed by atoms with Crippen molar-refractivity contribution in [3.8, 4) is 0 Å². The first-order chi connectivity index (χ1) is 6.99. The molecule has 0 bridgehead atoms. The number of benzene rings is 1. The third-order valence-corrected chi connectivity index (χ3v) is 3.64. The minimum Gasteiger partial charge on any atom is -0.300 e. The van der Waals surface area contributed by atoms with E-state index < -0.39 is 0 Å². The van der Waals surface area contributed by atoms with Crippen molar-refractivity contribution in [2.45, 2.75) is 30.4 Å². The first-order valence-corrected chi connectivity index (χ1v) is 6.23. The fourth-order valence-corrected chi connectivity index (χ4v) is 2.71. The number of Topliss-reactive ketones (excluding diaryl/α,β-unsaturated/α-hetero) is 1. The van der Waals surface area contributed by atoms with Gasteiger partial charge in [-0.15, -0.1) is 11.8 Å². The third kappa shape index (κ3) is 4.45. The van der Waals surface area contributed by atoms with E-state index in [4.69, 9.17) is 23.2 Å². The molecule has 82 valence electrons. The molecule has 4 heteroatoms. The number of hydrogen-bond donors (Lipinski definition) is 0. The second-order valence-corrected chi connectivity index (χ2v) is 5.74. The normalized spacial score (nSPS) is 12.5. The van der Waals surface area contributed by atoms with Crippen LogP contribution in [0.3, 0.4) is 0 Å². The van der Waals surface area contributed by atoms with Gasteiger partial charge in [0, 0.05) is 16.6 Å². The Morgan fingerprint density at radius 1 is 1.40 bits per heavy atom. The fraction of sp³-hybridized carbons (Fsp3) is 0.364. The van der Waals surface area contributed by atoms with Crippen molar-refractivity contribution in [3.63, 3.8) is 0 Å². The van der Waals surface area contributed by atoms with Gasteiger partial charge in [-0.2, -0.15) is 0 Å². The molecule has 0 heterocycles. The molecular weight excluding hydrogens is 251 g/mol. The molecule has 1 unspecified atom stereocenters. The summed E-state index contributed by atoms with van der Waals surface area (Å²) < 4.78 is 0. The van der Waals surface area contributed by atoms with E-state index in [0.717, 1.165) is 4.90 Å². The first kappa shape index (κ1) is 12.9. The molecule has 0 saturated heterocycles. The van der Waals surface area contributed by atoms with Gasteiger partial charge in [0.1, 0.15) is 5.78 Å². The minimum absolute atomic E-state index is 0.204. The average Bonchev–Trinajstić information content (AvgIpc) is 2.10. The molecule has 1 aromatic carbocycles. The molecule has 1 rings (SSSR count). The molecule has 0 amide bonds. The van der Waals surface area contributed by atoms with E-state index in [0.29, 0.717) is 16.5 Å². The third-order valence-electron chi connectivity index (χ3n) is 1.80. The van der Waals surface area contributed by atoms with Gasteiger partial charge >= 0.3 is 0 Å². The molecule has 0 aliphatic heterocycles. The maximum atomic E-state index is 10.9. The molecule has 1 atom stereocenters. The lowest BCUT2D eigenvalue weighted by atomic mass is 10.2. The van der Waals surface area contributed by atoms with Gasteiger partial charge in [0.05, 0.1) is 10.0 Å². The molecule has 15 heavy (non-hydrogen) atoms. The highest BCUT2D eigenvalue weighted by Crippen LogP contribution is 2.31. The Hall–Kier alpha value is -0.180. The standard InChI is InChI=1S/C11H12Cl2OS/c1-7(14)5-8(2)15-9-3-4-10(12)11(13)6-9/h3-4,6,8H,5H2,1-2H3. The van der Waals surface area contributed by atoms with Gasteiger partial charge < -0.3 is 0 Å². The van der Waals surface area contributed by atoms with Crippen molar-refractivity contribution in [1.82, 2.24) is 0 Å². The summed E-state index contributed by atoms with van der Waals surface area (Å²) >= 11 is 13.3. The Balaban J connectivity index is 2.64. The lowest BCUT2D eigenvalue weighted by Gasteiger charge is -2.09. The van der Waals surface area contributed by atoms with Crippen LogP contribution in [-0.2, 0) is 4.79 Å². The van der Waals surface area contributed by atoms with E-state index >= 15 is 0 Å². The molecule has 0 radical (unpaired) electrons. The SMILES string of the molecule is CC(=O)CC(C)Sc1ccc(Cl)c(Cl)c1. The highest BCUT2D eigenvalue weighted by atomic mass is 35.5. The van der Waals surface area contributed by atoms with Gasteiger partial charge in [-0.05, 0) is 25.1 Å². The zero-order chi connectivity index (χ0) is 11.4. The van der Waals surface area contributed by atoms with Crippen LogP contribution in [0.25, 0.3) is 0 Å². The van der Waals surface area contributed by atoms with Crippen LogP contribution < -0.4 is 0 Å². The first-order valence-electron chi connectivity index (χ1n) is 4.60. The Morgan fingerprint density at radius 2 is 2.07 bits per heavy atom. The van der Waals surface area contributed by atoms with Gasteiger partial charge in [0.2, 0.25) is 0 Å². The number of thioether (sulfide) groups is 1. The number of ketones is 1. The van der Waals surface area contributed by atoms with Crippen molar-refractivity contribution < 1.29 is 4.79 Å². The van der Waals surface area contributed by atoms with E-state index in [2.05, 4.69) is 0 Å². The van der Waals surface area contributed by atoms with Crippen molar-refractivity contribution in [3.05, 3.63) is 28.2 Å². The largest absolute Gasteiger partial charge is 0.300 e. The van der Waals surface area contributed by atoms with Crippen LogP contribution in [0.15, 0.2) is 23.1 Å². The van der Waals surface area contributed by atoms with Crippen LogP contribution in [0.2, 0.25) is 10.0 Å². The van der Waals surface area contributed by atoms with Crippen molar-refractivity contribution in [2.24, 2.45) is 0 Å². The maximum absolute atomic E-state index is 10.9. The summed E-state index contributed by atoms with van der Waals surface area (Å²) in [5.74, 6) is 0.204.